The number of fused-ring (bicyclic) bond motifs is 1. The second kappa shape index (κ2) is 8.96. The Kier molecular flexibility index (Phi) is 5.91. The molecule has 31 heavy (non-hydrogen) atoms. The largest absolute Gasteiger partial charge is 0.303 e. The highest BCUT2D eigenvalue weighted by Gasteiger charge is 2.23. The summed E-state index contributed by atoms with van der Waals surface area (Å²) in [5.41, 5.74) is 2.51. The molecule has 5 rings (SSSR count). The Balaban J connectivity index is 1.42. The maximum absolute atomic E-state index is 12.5. The number of nitrogens with zero attached hydrogens (tertiary/aromatic N) is 5. The van der Waals surface area contributed by atoms with Gasteiger partial charge in [-0.2, -0.15) is 0 Å². The standard InChI is InChI=1S/C23H25N5OS2/c1-16-9-10-27-20(12-16)24-17(13-22(27)29)15-31-23-26-25-21(14-19-8-5-11-30-19)28(23)18-6-3-2-4-7-18/h5,8-13,18H,2-4,6-7,14-15H2,1H3. The molecule has 8 heteroatoms. The van der Waals surface area contributed by atoms with E-state index in [4.69, 9.17) is 4.98 Å². The molecule has 4 aromatic rings. The maximum Gasteiger partial charge on any atom is 0.258 e. The first-order valence-electron chi connectivity index (χ1n) is 10.8. The normalized spacial score (nSPS) is 15.0. The van der Waals surface area contributed by atoms with Crippen LogP contribution in [0.4, 0.5) is 0 Å². The van der Waals surface area contributed by atoms with Crippen LogP contribution in [-0.2, 0) is 12.2 Å². The molecule has 0 amide bonds. The van der Waals surface area contributed by atoms with Crippen LogP contribution in [0.5, 0.6) is 0 Å². The van der Waals surface area contributed by atoms with Crippen LogP contribution in [-0.4, -0.2) is 24.1 Å². The van der Waals surface area contributed by atoms with Gasteiger partial charge in [0.25, 0.3) is 5.56 Å². The van der Waals surface area contributed by atoms with Crippen molar-refractivity contribution in [3.8, 4) is 0 Å². The molecule has 0 atom stereocenters. The zero-order valence-electron chi connectivity index (χ0n) is 17.5. The topological polar surface area (TPSA) is 65.1 Å². The molecule has 0 bridgehead atoms. The van der Waals surface area contributed by atoms with E-state index in [2.05, 4.69) is 32.3 Å². The molecule has 4 aromatic heterocycles. The third kappa shape index (κ3) is 4.45. The van der Waals surface area contributed by atoms with Gasteiger partial charge in [0, 0.05) is 35.4 Å². The zero-order valence-corrected chi connectivity index (χ0v) is 19.2. The summed E-state index contributed by atoms with van der Waals surface area (Å²) in [7, 11) is 0. The molecule has 1 saturated carbocycles. The number of hydrogen-bond donors (Lipinski definition) is 0. The van der Waals surface area contributed by atoms with Crippen LogP contribution in [0.25, 0.3) is 5.65 Å². The third-order valence-corrected chi connectivity index (χ3v) is 7.67. The number of aryl methyl sites for hydroxylation is 1. The fraction of sp³-hybridized carbons (Fsp3) is 0.391. The quantitative estimate of drug-likeness (QED) is 0.384. The number of thioether (sulfide) groups is 1. The van der Waals surface area contributed by atoms with Gasteiger partial charge in [-0.15, -0.1) is 21.5 Å². The molecule has 0 spiro atoms. The van der Waals surface area contributed by atoms with Crippen LogP contribution >= 0.6 is 23.1 Å². The van der Waals surface area contributed by atoms with Crippen molar-refractivity contribution in [1.82, 2.24) is 24.1 Å². The summed E-state index contributed by atoms with van der Waals surface area (Å²) >= 11 is 3.39. The Bertz CT molecular complexity index is 1240. The monoisotopic (exact) mass is 451 g/mol. The Hall–Kier alpha value is -2.45. The minimum absolute atomic E-state index is 0.0484. The van der Waals surface area contributed by atoms with Gasteiger partial charge in [-0.3, -0.25) is 9.20 Å². The van der Waals surface area contributed by atoms with Gasteiger partial charge < -0.3 is 4.57 Å². The lowest BCUT2D eigenvalue weighted by Gasteiger charge is -2.25. The van der Waals surface area contributed by atoms with Crippen molar-refractivity contribution < 1.29 is 0 Å². The molecule has 1 aliphatic rings. The van der Waals surface area contributed by atoms with Gasteiger partial charge in [0.05, 0.1) is 5.69 Å². The van der Waals surface area contributed by atoms with Crippen molar-refractivity contribution in [2.45, 2.75) is 62.4 Å². The van der Waals surface area contributed by atoms with Crippen molar-refractivity contribution in [2.75, 3.05) is 0 Å². The van der Waals surface area contributed by atoms with Gasteiger partial charge >= 0.3 is 0 Å². The lowest BCUT2D eigenvalue weighted by Crippen LogP contribution is -2.17. The van der Waals surface area contributed by atoms with E-state index in [1.54, 1.807) is 39.8 Å². The molecule has 0 N–H and O–H groups in total. The Morgan fingerprint density at radius 1 is 1.16 bits per heavy atom. The lowest BCUT2D eigenvalue weighted by molar-refractivity contribution is 0.330. The summed E-state index contributed by atoms with van der Waals surface area (Å²) in [6, 6.07) is 10.2. The van der Waals surface area contributed by atoms with Crippen LogP contribution in [0.1, 0.15) is 60.1 Å². The molecule has 0 radical (unpaired) electrons. The molecular formula is C23H25N5OS2. The Labute approximate surface area is 189 Å². The molecule has 0 saturated heterocycles. The summed E-state index contributed by atoms with van der Waals surface area (Å²) < 4.78 is 3.95. The van der Waals surface area contributed by atoms with Crippen molar-refractivity contribution in [3.05, 3.63) is 74.2 Å². The number of rotatable bonds is 6. The van der Waals surface area contributed by atoms with E-state index in [-0.39, 0.29) is 5.56 Å². The van der Waals surface area contributed by atoms with E-state index in [1.165, 1.54) is 37.0 Å². The molecular weight excluding hydrogens is 426 g/mol. The fourth-order valence-corrected chi connectivity index (χ4v) is 5.89. The Morgan fingerprint density at radius 2 is 2.03 bits per heavy atom. The smallest absolute Gasteiger partial charge is 0.258 e. The van der Waals surface area contributed by atoms with Crippen LogP contribution in [0.2, 0.25) is 0 Å². The van der Waals surface area contributed by atoms with E-state index < -0.39 is 0 Å². The van der Waals surface area contributed by atoms with Crippen molar-refractivity contribution in [3.63, 3.8) is 0 Å². The van der Waals surface area contributed by atoms with Gasteiger partial charge in [0.2, 0.25) is 0 Å². The van der Waals surface area contributed by atoms with Crippen molar-refractivity contribution >= 4 is 28.7 Å². The highest BCUT2D eigenvalue weighted by molar-refractivity contribution is 7.98. The summed E-state index contributed by atoms with van der Waals surface area (Å²) in [6.07, 6.45) is 8.78. The van der Waals surface area contributed by atoms with Gasteiger partial charge in [0.15, 0.2) is 5.16 Å². The van der Waals surface area contributed by atoms with E-state index in [9.17, 15) is 4.79 Å². The van der Waals surface area contributed by atoms with Crippen molar-refractivity contribution in [1.29, 1.82) is 0 Å². The van der Waals surface area contributed by atoms with E-state index in [0.717, 1.165) is 28.7 Å². The average molecular weight is 452 g/mol. The molecule has 0 aliphatic heterocycles. The minimum atomic E-state index is -0.0484. The summed E-state index contributed by atoms with van der Waals surface area (Å²) in [5, 5.41) is 12.2. The summed E-state index contributed by atoms with van der Waals surface area (Å²) in [6.45, 7) is 2.01. The van der Waals surface area contributed by atoms with Crippen LogP contribution in [0.3, 0.4) is 0 Å². The molecule has 0 aromatic carbocycles. The summed E-state index contributed by atoms with van der Waals surface area (Å²) in [4.78, 5) is 18.5. The second-order valence-corrected chi connectivity index (χ2v) is 10.1. The molecule has 160 valence electrons. The van der Waals surface area contributed by atoms with E-state index in [0.29, 0.717) is 17.4 Å². The second-order valence-electron chi connectivity index (χ2n) is 8.12. The maximum atomic E-state index is 12.5. The number of aromatic nitrogens is 5. The third-order valence-electron chi connectivity index (χ3n) is 5.81. The van der Waals surface area contributed by atoms with E-state index in [1.807, 2.05) is 19.1 Å². The summed E-state index contributed by atoms with van der Waals surface area (Å²) in [5.74, 6) is 1.64. The van der Waals surface area contributed by atoms with Gasteiger partial charge in [-0.25, -0.2) is 4.98 Å². The average Bonchev–Trinajstić information content (AvgIpc) is 3.43. The lowest BCUT2D eigenvalue weighted by atomic mass is 9.95. The zero-order chi connectivity index (χ0) is 21.2. The Morgan fingerprint density at radius 3 is 2.84 bits per heavy atom. The van der Waals surface area contributed by atoms with Gasteiger partial charge in [-0.05, 0) is 48.9 Å². The van der Waals surface area contributed by atoms with Crippen molar-refractivity contribution in [2.24, 2.45) is 0 Å². The highest BCUT2D eigenvalue weighted by atomic mass is 32.2. The number of hydrogen-bond acceptors (Lipinski definition) is 6. The van der Waals surface area contributed by atoms with E-state index >= 15 is 0 Å². The van der Waals surface area contributed by atoms with Crippen LogP contribution < -0.4 is 5.56 Å². The van der Waals surface area contributed by atoms with Crippen LogP contribution in [0.15, 0.2) is 51.9 Å². The first kappa shape index (κ1) is 20.5. The number of pyridine rings is 1. The first-order valence-corrected chi connectivity index (χ1v) is 12.6. The van der Waals surface area contributed by atoms with Gasteiger partial charge in [0.1, 0.15) is 11.5 Å². The molecule has 1 aliphatic carbocycles. The fourth-order valence-electron chi connectivity index (χ4n) is 4.27. The SMILES string of the molecule is Cc1ccn2c(=O)cc(CSc3nnc(Cc4cccs4)n3C3CCCCC3)nc2c1. The molecule has 0 unspecified atom stereocenters. The first-order chi connectivity index (χ1) is 15.2. The predicted octanol–water partition coefficient (Wildman–Crippen LogP) is 5.04. The minimum Gasteiger partial charge on any atom is -0.303 e. The highest BCUT2D eigenvalue weighted by Crippen LogP contribution is 2.34. The molecule has 1 fully saturated rings. The van der Waals surface area contributed by atoms with Crippen LogP contribution in [0, 0.1) is 6.92 Å². The molecule has 6 nitrogen and oxygen atoms in total. The number of thiophene rings is 1. The predicted molar refractivity (Wildman–Crippen MR) is 125 cm³/mol. The van der Waals surface area contributed by atoms with Gasteiger partial charge in [-0.1, -0.05) is 37.1 Å². The molecule has 4 heterocycles.